The van der Waals surface area contributed by atoms with Crippen molar-refractivity contribution in [1.29, 1.82) is 0 Å². The molecular formula is C10H8N2O3S2. The van der Waals surface area contributed by atoms with Crippen LogP contribution in [0, 0.1) is 6.92 Å². The van der Waals surface area contributed by atoms with Crippen molar-refractivity contribution in [2.24, 2.45) is 0 Å². The zero-order chi connectivity index (χ0) is 12.4. The van der Waals surface area contributed by atoms with Crippen LogP contribution in [0.1, 0.15) is 25.0 Å². The quantitative estimate of drug-likeness (QED) is 0.896. The predicted octanol–water partition coefficient (Wildman–Crippen LogP) is 2.46. The third-order valence-electron chi connectivity index (χ3n) is 1.96. The molecule has 0 saturated carbocycles. The van der Waals surface area contributed by atoms with Crippen LogP contribution in [-0.4, -0.2) is 22.0 Å². The van der Waals surface area contributed by atoms with Crippen LogP contribution < -0.4 is 5.32 Å². The van der Waals surface area contributed by atoms with E-state index in [0.29, 0.717) is 15.7 Å². The van der Waals surface area contributed by atoms with Crippen molar-refractivity contribution in [3.05, 3.63) is 33.0 Å². The molecule has 1 amide bonds. The second-order valence-corrected chi connectivity index (χ2v) is 5.12. The van der Waals surface area contributed by atoms with Gasteiger partial charge in [-0.1, -0.05) is 17.4 Å². The Morgan fingerprint density at radius 2 is 2.24 bits per heavy atom. The molecule has 7 heteroatoms. The molecule has 0 atom stereocenters. The fraction of sp³-hybridized carbons (Fsp3) is 0.100. The second-order valence-electron chi connectivity index (χ2n) is 3.17. The number of carboxylic acid groups (broad SMARTS) is 1. The van der Waals surface area contributed by atoms with Gasteiger partial charge in [0.05, 0.1) is 10.6 Å². The zero-order valence-corrected chi connectivity index (χ0v) is 10.4. The van der Waals surface area contributed by atoms with Crippen molar-refractivity contribution in [3.63, 3.8) is 0 Å². The average molecular weight is 268 g/mol. The van der Waals surface area contributed by atoms with E-state index in [9.17, 15) is 9.59 Å². The van der Waals surface area contributed by atoms with Crippen molar-refractivity contribution in [3.8, 4) is 0 Å². The van der Waals surface area contributed by atoms with E-state index >= 15 is 0 Å². The Morgan fingerprint density at radius 3 is 2.76 bits per heavy atom. The number of aryl methyl sites for hydroxylation is 1. The van der Waals surface area contributed by atoms with Gasteiger partial charge >= 0.3 is 5.97 Å². The van der Waals surface area contributed by atoms with Gasteiger partial charge in [-0.05, 0) is 18.4 Å². The number of thiazole rings is 1. The maximum atomic E-state index is 11.7. The molecule has 0 aliphatic carbocycles. The number of carbonyl (C=O) groups excluding carboxylic acids is 1. The molecule has 88 valence electrons. The van der Waals surface area contributed by atoms with Crippen molar-refractivity contribution in [1.82, 2.24) is 4.98 Å². The Hall–Kier alpha value is -1.73. The lowest BCUT2D eigenvalue weighted by atomic mass is 10.4. The molecule has 0 aromatic carbocycles. The largest absolute Gasteiger partial charge is 0.477 e. The highest BCUT2D eigenvalue weighted by molar-refractivity contribution is 7.18. The number of aromatic nitrogens is 1. The number of hydrogen-bond donors (Lipinski definition) is 2. The summed E-state index contributed by atoms with van der Waals surface area (Å²) < 4.78 is 0. The molecule has 0 bridgehead atoms. The van der Waals surface area contributed by atoms with Gasteiger partial charge in [0.1, 0.15) is 4.88 Å². The number of nitrogens with one attached hydrogen (secondary N) is 1. The van der Waals surface area contributed by atoms with Crippen molar-refractivity contribution < 1.29 is 14.7 Å². The van der Waals surface area contributed by atoms with E-state index in [4.69, 9.17) is 5.11 Å². The Labute approximate surface area is 105 Å². The summed E-state index contributed by atoms with van der Waals surface area (Å²) in [6.45, 7) is 1.60. The van der Waals surface area contributed by atoms with Gasteiger partial charge in [0.2, 0.25) is 0 Å². The minimum atomic E-state index is -1.03. The highest BCUT2D eigenvalue weighted by atomic mass is 32.1. The number of anilines is 1. The fourth-order valence-electron chi connectivity index (χ4n) is 1.21. The minimum Gasteiger partial charge on any atom is -0.477 e. The van der Waals surface area contributed by atoms with Gasteiger partial charge in [0, 0.05) is 0 Å². The van der Waals surface area contributed by atoms with E-state index in [1.165, 1.54) is 11.3 Å². The molecule has 0 radical (unpaired) electrons. The monoisotopic (exact) mass is 268 g/mol. The Bertz CT molecular complexity index is 560. The maximum Gasteiger partial charge on any atom is 0.347 e. The lowest BCUT2D eigenvalue weighted by Crippen LogP contribution is -2.09. The molecule has 2 heterocycles. The standard InChI is InChI=1S/C10H8N2O3S2/c1-5-7(9(14)15)17-10(11-5)12-8(13)6-3-2-4-16-6/h2-4H,1H3,(H,14,15)(H,11,12,13). The van der Waals surface area contributed by atoms with Gasteiger partial charge in [0.15, 0.2) is 5.13 Å². The van der Waals surface area contributed by atoms with Crippen LogP contribution in [0.4, 0.5) is 5.13 Å². The highest BCUT2D eigenvalue weighted by Crippen LogP contribution is 2.23. The van der Waals surface area contributed by atoms with E-state index in [1.807, 2.05) is 0 Å². The smallest absolute Gasteiger partial charge is 0.347 e. The molecular weight excluding hydrogens is 260 g/mol. The van der Waals surface area contributed by atoms with Crippen LogP contribution in [0.3, 0.4) is 0 Å². The Balaban J connectivity index is 2.17. The summed E-state index contributed by atoms with van der Waals surface area (Å²) >= 11 is 2.27. The van der Waals surface area contributed by atoms with Crippen molar-refractivity contribution in [2.45, 2.75) is 6.92 Å². The van der Waals surface area contributed by atoms with E-state index in [0.717, 1.165) is 11.3 Å². The minimum absolute atomic E-state index is 0.145. The molecule has 17 heavy (non-hydrogen) atoms. The summed E-state index contributed by atoms with van der Waals surface area (Å²) in [5.74, 6) is -1.30. The number of carboxylic acids is 1. The number of thiophene rings is 1. The predicted molar refractivity (Wildman–Crippen MR) is 66.1 cm³/mol. The zero-order valence-electron chi connectivity index (χ0n) is 8.76. The number of nitrogens with zero attached hydrogens (tertiary/aromatic N) is 1. The van der Waals surface area contributed by atoms with Gasteiger partial charge in [-0.15, -0.1) is 11.3 Å². The molecule has 0 aliphatic heterocycles. The van der Waals surface area contributed by atoms with Crippen LogP contribution in [0.2, 0.25) is 0 Å². The Kier molecular flexibility index (Phi) is 3.21. The molecule has 2 aromatic heterocycles. The van der Waals surface area contributed by atoms with Crippen LogP contribution in [0.15, 0.2) is 17.5 Å². The summed E-state index contributed by atoms with van der Waals surface area (Å²) in [5.41, 5.74) is 0.406. The van der Waals surface area contributed by atoms with Crippen LogP contribution >= 0.6 is 22.7 Å². The highest BCUT2D eigenvalue weighted by Gasteiger charge is 2.16. The molecule has 2 N–H and O–H groups in total. The summed E-state index contributed by atoms with van der Waals surface area (Å²) in [7, 11) is 0. The van der Waals surface area contributed by atoms with Crippen LogP contribution in [0.5, 0.6) is 0 Å². The molecule has 2 rings (SSSR count). The third-order valence-corrected chi connectivity index (χ3v) is 3.89. The number of aromatic carboxylic acids is 1. The number of amides is 1. The number of rotatable bonds is 3. The maximum absolute atomic E-state index is 11.7. The SMILES string of the molecule is Cc1nc(NC(=O)c2cccs2)sc1C(=O)O. The van der Waals surface area contributed by atoms with Crippen molar-refractivity contribution >= 4 is 39.7 Å². The number of carbonyl (C=O) groups is 2. The summed E-state index contributed by atoms with van der Waals surface area (Å²) in [4.78, 5) is 27.2. The first-order valence-corrected chi connectivity index (χ1v) is 6.33. The molecule has 0 fully saturated rings. The lowest BCUT2D eigenvalue weighted by molar-refractivity contribution is 0.0701. The molecule has 0 spiro atoms. The molecule has 5 nitrogen and oxygen atoms in total. The first kappa shape index (κ1) is 11.7. The van der Waals surface area contributed by atoms with E-state index in [2.05, 4.69) is 10.3 Å². The van der Waals surface area contributed by atoms with E-state index < -0.39 is 5.97 Å². The van der Waals surface area contributed by atoms with Crippen molar-refractivity contribution in [2.75, 3.05) is 5.32 Å². The number of hydrogen-bond acceptors (Lipinski definition) is 5. The Morgan fingerprint density at radius 1 is 1.47 bits per heavy atom. The van der Waals surface area contributed by atoms with Gasteiger partial charge in [-0.2, -0.15) is 0 Å². The van der Waals surface area contributed by atoms with E-state index in [-0.39, 0.29) is 10.8 Å². The van der Waals surface area contributed by atoms with Gasteiger partial charge in [-0.25, -0.2) is 9.78 Å². The van der Waals surface area contributed by atoms with Crippen LogP contribution in [-0.2, 0) is 0 Å². The molecule has 0 aliphatic rings. The van der Waals surface area contributed by atoms with Gasteiger partial charge in [-0.3, -0.25) is 10.1 Å². The topological polar surface area (TPSA) is 79.3 Å². The molecule has 2 aromatic rings. The summed E-state index contributed by atoms with van der Waals surface area (Å²) in [5, 5.41) is 13.5. The molecule has 0 saturated heterocycles. The first-order chi connectivity index (χ1) is 8.08. The molecule has 0 unspecified atom stereocenters. The normalized spacial score (nSPS) is 10.2. The first-order valence-electron chi connectivity index (χ1n) is 4.63. The average Bonchev–Trinajstić information content (AvgIpc) is 2.86. The second kappa shape index (κ2) is 4.64. The van der Waals surface area contributed by atoms with Gasteiger partial charge < -0.3 is 5.11 Å². The summed E-state index contributed by atoms with van der Waals surface area (Å²) in [6.07, 6.45) is 0. The summed E-state index contributed by atoms with van der Waals surface area (Å²) in [6, 6.07) is 3.47. The van der Waals surface area contributed by atoms with Crippen LogP contribution in [0.25, 0.3) is 0 Å². The lowest BCUT2D eigenvalue weighted by Gasteiger charge is -1.96. The van der Waals surface area contributed by atoms with E-state index in [1.54, 1.807) is 24.4 Å². The van der Waals surface area contributed by atoms with Gasteiger partial charge in [0.25, 0.3) is 5.91 Å². The third kappa shape index (κ3) is 2.51. The fourth-order valence-corrected chi connectivity index (χ4v) is 2.63.